The van der Waals surface area contributed by atoms with Gasteiger partial charge in [-0.2, -0.15) is 4.98 Å². The lowest BCUT2D eigenvalue weighted by Gasteiger charge is -2.11. The minimum absolute atomic E-state index is 0.277. The van der Waals surface area contributed by atoms with Crippen molar-refractivity contribution in [1.82, 2.24) is 14.9 Å². The van der Waals surface area contributed by atoms with Crippen molar-refractivity contribution in [3.63, 3.8) is 0 Å². The van der Waals surface area contributed by atoms with Crippen LogP contribution in [0.5, 0.6) is 0 Å². The van der Waals surface area contributed by atoms with Crippen molar-refractivity contribution in [3.8, 4) is 0 Å². The van der Waals surface area contributed by atoms with Crippen LogP contribution in [0.25, 0.3) is 10.8 Å². The van der Waals surface area contributed by atoms with Crippen LogP contribution in [0.2, 0.25) is 0 Å². The van der Waals surface area contributed by atoms with Crippen molar-refractivity contribution in [2.45, 2.75) is 19.8 Å². The fourth-order valence-electron chi connectivity index (χ4n) is 3.02. The Labute approximate surface area is 171 Å². The number of carbonyl (C=O) groups excluding carboxylic acids is 1. The van der Waals surface area contributed by atoms with Crippen LogP contribution in [0.3, 0.4) is 0 Å². The lowest BCUT2D eigenvalue weighted by Crippen LogP contribution is -2.21. The summed E-state index contributed by atoms with van der Waals surface area (Å²) in [6, 6.07) is 15.3. The zero-order chi connectivity index (χ0) is 20.6. The maximum atomic E-state index is 12.4. The first-order valence-corrected chi connectivity index (χ1v) is 9.81. The second-order valence-electron chi connectivity index (χ2n) is 7.30. The van der Waals surface area contributed by atoms with Gasteiger partial charge in [-0.3, -0.25) is 5.32 Å². The summed E-state index contributed by atoms with van der Waals surface area (Å²) in [5, 5.41) is 11.0. The molecule has 0 bridgehead atoms. The first-order valence-electron chi connectivity index (χ1n) is 9.81. The maximum Gasteiger partial charge on any atom is 0.326 e. The molecule has 3 aromatic rings. The van der Waals surface area contributed by atoms with E-state index < -0.39 is 0 Å². The van der Waals surface area contributed by atoms with Gasteiger partial charge >= 0.3 is 6.03 Å². The van der Waals surface area contributed by atoms with Gasteiger partial charge in [0.15, 0.2) is 0 Å². The molecule has 0 spiro atoms. The molecule has 0 atom stereocenters. The number of fused-ring (bicyclic) bond motifs is 1. The lowest BCUT2D eigenvalue weighted by atomic mass is 10.1. The smallest absolute Gasteiger partial charge is 0.326 e. The van der Waals surface area contributed by atoms with Gasteiger partial charge in [0.05, 0.1) is 0 Å². The molecule has 0 aliphatic carbocycles. The first kappa shape index (κ1) is 20.5. The number of amides is 2. The molecule has 0 saturated carbocycles. The van der Waals surface area contributed by atoms with Crippen molar-refractivity contribution < 1.29 is 4.79 Å². The van der Waals surface area contributed by atoms with Gasteiger partial charge in [-0.15, -0.1) is 0 Å². The second-order valence-corrected chi connectivity index (χ2v) is 7.30. The molecule has 2 aromatic carbocycles. The number of benzene rings is 2. The van der Waals surface area contributed by atoms with Crippen molar-refractivity contribution in [3.05, 3.63) is 54.2 Å². The van der Waals surface area contributed by atoms with Crippen LogP contribution in [0.1, 0.15) is 18.5 Å². The number of anilines is 3. The largest absolute Gasteiger partial charge is 0.370 e. The molecule has 0 radical (unpaired) electrons. The molecule has 152 valence electrons. The summed E-state index contributed by atoms with van der Waals surface area (Å²) in [5.41, 5.74) is 1.50. The molecule has 0 aliphatic heterocycles. The Morgan fingerprint density at radius 1 is 0.966 bits per heavy atom. The summed E-state index contributed by atoms with van der Waals surface area (Å²) in [4.78, 5) is 23.2. The molecule has 0 fully saturated rings. The first-order chi connectivity index (χ1) is 14.0. The van der Waals surface area contributed by atoms with Gasteiger partial charge in [-0.1, -0.05) is 30.3 Å². The van der Waals surface area contributed by atoms with Gasteiger partial charge < -0.3 is 15.5 Å². The van der Waals surface area contributed by atoms with Crippen LogP contribution < -0.4 is 16.0 Å². The van der Waals surface area contributed by atoms with Crippen LogP contribution in [0.4, 0.5) is 22.2 Å². The Morgan fingerprint density at radius 2 is 1.76 bits per heavy atom. The molecule has 3 N–H and O–H groups in total. The third-order valence-corrected chi connectivity index (χ3v) is 4.43. The van der Waals surface area contributed by atoms with Crippen molar-refractivity contribution in [2.75, 3.05) is 43.1 Å². The number of nitrogens with zero attached hydrogens (tertiary/aromatic N) is 3. The van der Waals surface area contributed by atoms with E-state index in [2.05, 4.69) is 44.9 Å². The summed E-state index contributed by atoms with van der Waals surface area (Å²) in [6.45, 7) is 3.77. The maximum absolute atomic E-state index is 12.4. The molecule has 0 saturated heterocycles. The number of nitrogens with one attached hydrogen (secondary N) is 3. The molecular weight excluding hydrogens is 364 g/mol. The molecule has 1 aromatic heterocycles. The zero-order valence-corrected chi connectivity index (χ0v) is 17.2. The van der Waals surface area contributed by atoms with E-state index in [-0.39, 0.29) is 12.0 Å². The molecule has 7 heteroatoms. The number of carbonyl (C=O) groups is 1. The van der Waals surface area contributed by atoms with Crippen molar-refractivity contribution in [1.29, 1.82) is 0 Å². The minimum Gasteiger partial charge on any atom is -0.370 e. The number of aromatic nitrogens is 2. The highest BCUT2D eigenvalue weighted by Gasteiger charge is 2.08. The summed E-state index contributed by atoms with van der Waals surface area (Å²) in [6.07, 6.45) is 2.16. The van der Waals surface area contributed by atoms with E-state index in [1.54, 1.807) is 0 Å². The lowest BCUT2D eigenvalue weighted by molar-refractivity contribution is 0.262. The predicted molar refractivity (Wildman–Crippen MR) is 120 cm³/mol. The molecule has 1 heterocycles. The van der Waals surface area contributed by atoms with E-state index >= 15 is 0 Å². The zero-order valence-electron chi connectivity index (χ0n) is 17.2. The Bertz CT molecular complexity index is 972. The topological polar surface area (TPSA) is 82.2 Å². The van der Waals surface area contributed by atoms with E-state index in [0.717, 1.165) is 42.4 Å². The number of urea groups is 1. The summed E-state index contributed by atoms with van der Waals surface area (Å²) >= 11 is 0. The second kappa shape index (κ2) is 9.84. The van der Waals surface area contributed by atoms with Crippen LogP contribution in [-0.2, 0) is 0 Å². The number of rotatable bonds is 8. The molecule has 7 nitrogen and oxygen atoms in total. The van der Waals surface area contributed by atoms with Gasteiger partial charge in [0.25, 0.3) is 0 Å². The normalized spacial score (nSPS) is 10.9. The summed E-state index contributed by atoms with van der Waals surface area (Å²) in [5.74, 6) is 0.988. The quantitative estimate of drug-likeness (QED) is 0.497. The summed E-state index contributed by atoms with van der Waals surface area (Å²) in [7, 11) is 4.14. The fraction of sp³-hybridized carbons (Fsp3) is 0.318. The number of hydrogen-bond acceptors (Lipinski definition) is 5. The van der Waals surface area contributed by atoms with Crippen molar-refractivity contribution in [2.24, 2.45) is 0 Å². The average Bonchev–Trinajstić information content (AvgIpc) is 2.67. The highest BCUT2D eigenvalue weighted by atomic mass is 16.2. The van der Waals surface area contributed by atoms with Gasteiger partial charge in [0, 0.05) is 24.0 Å². The molecule has 29 heavy (non-hydrogen) atoms. The highest BCUT2D eigenvalue weighted by molar-refractivity contribution is 6.00. The van der Waals surface area contributed by atoms with E-state index in [1.807, 2.05) is 55.5 Å². The standard InChI is InChI=1S/C22H28N6O/c1-16-14-20(23-12-6-7-13-28(2)3)26-21(24-16)27-22(29)25-19-11-10-17-8-4-5-9-18(17)15-19/h4-5,8-11,14-15H,6-7,12-13H2,1-3H3,(H3,23,24,25,26,27,29). The van der Waals surface area contributed by atoms with Crippen molar-refractivity contribution >= 4 is 34.3 Å². The molecule has 2 amide bonds. The molecule has 3 rings (SSSR count). The number of unbranched alkanes of at least 4 members (excludes halogenated alkanes) is 1. The number of aryl methyl sites for hydroxylation is 1. The van der Waals surface area contributed by atoms with Crippen LogP contribution in [0.15, 0.2) is 48.5 Å². The predicted octanol–water partition coefficient (Wildman–Crippen LogP) is 4.34. The van der Waals surface area contributed by atoms with Gasteiger partial charge in [0.1, 0.15) is 5.82 Å². The Morgan fingerprint density at radius 3 is 2.55 bits per heavy atom. The van der Waals surface area contributed by atoms with E-state index in [1.165, 1.54) is 0 Å². The Balaban J connectivity index is 1.57. The van der Waals surface area contributed by atoms with Gasteiger partial charge in [-0.25, -0.2) is 9.78 Å². The van der Waals surface area contributed by atoms with Crippen LogP contribution in [0, 0.1) is 6.92 Å². The average molecular weight is 393 g/mol. The fourth-order valence-corrected chi connectivity index (χ4v) is 3.02. The number of hydrogen-bond donors (Lipinski definition) is 3. The van der Waals surface area contributed by atoms with Gasteiger partial charge in [0.2, 0.25) is 5.95 Å². The highest BCUT2D eigenvalue weighted by Crippen LogP contribution is 2.19. The Hall–Kier alpha value is -3.19. The van der Waals surface area contributed by atoms with E-state index in [4.69, 9.17) is 0 Å². The minimum atomic E-state index is -0.372. The van der Waals surface area contributed by atoms with Crippen LogP contribution in [-0.4, -0.2) is 48.1 Å². The summed E-state index contributed by atoms with van der Waals surface area (Å²) < 4.78 is 0. The molecular formula is C22H28N6O. The Kier molecular flexibility index (Phi) is 6.97. The monoisotopic (exact) mass is 392 g/mol. The molecule has 0 unspecified atom stereocenters. The van der Waals surface area contributed by atoms with Gasteiger partial charge in [-0.05, 0) is 63.3 Å². The molecule has 0 aliphatic rings. The van der Waals surface area contributed by atoms with E-state index in [9.17, 15) is 4.79 Å². The van der Waals surface area contributed by atoms with E-state index in [0.29, 0.717) is 11.5 Å². The van der Waals surface area contributed by atoms with Crippen LogP contribution >= 0.6 is 0 Å². The SMILES string of the molecule is Cc1cc(NCCCCN(C)C)nc(NC(=O)Nc2ccc3ccccc3c2)n1. The third-order valence-electron chi connectivity index (χ3n) is 4.43. The third kappa shape index (κ3) is 6.43.